The number of piperidine rings is 1. The molecule has 2 N–H and O–H groups in total. The Morgan fingerprint density at radius 3 is 2.68 bits per heavy atom. The zero-order chi connectivity index (χ0) is 14.8. The maximum Gasteiger partial charge on any atom is 0.419 e. The van der Waals surface area contributed by atoms with E-state index in [1.165, 1.54) is 16.7 Å². The van der Waals surface area contributed by atoms with Gasteiger partial charge in [0.05, 0.1) is 10.4 Å². The zero-order valence-corrected chi connectivity index (χ0v) is 13.4. The summed E-state index contributed by atoms with van der Waals surface area (Å²) in [7, 11) is -2.00. The van der Waals surface area contributed by atoms with Crippen molar-refractivity contribution in [3.05, 3.63) is 28.7 Å². The minimum atomic E-state index is -3.58. The van der Waals surface area contributed by atoms with Gasteiger partial charge in [-0.05, 0) is 37.1 Å². The van der Waals surface area contributed by atoms with E-state index < -0.39 is 15.8 Å². The topological polar surface area (TPSA) is 93.3 Å². The van der Waals surface area contributed by atoms with Crippen LogP contribution in [-0.2, 0) is 17.1 Å². The highest BCUT2D eigenvalue weighted by Crippen LogP contribution is 2.42. The SMILES string of the molecule is Cl.Cn1c(=O)oc2cc(S(=O)(=O)NC3C4CNCC43)ccc21. The first-order valence-electron chi connectivity index (χ1n) is 6.80. The molecule has 0 spiro atoms. The maximum absolute atomic E-state index is 12.4. The molecule has 1 saturated heterocycles. The number of sulfonamides is 1. The number of nitrogens with zero attached hydrogens (tertiary/aromatic N) is 1. The first-order valence-corrected chi connectivity index (χ1v) is 8.28. The lowest BCUT2D eigenvalue weighted by Gasteiger charge is -2.08. The summed E-state index contributed by atoms with van der Waals surface area (Å²) in [5.41, 5.74) is 0.856. The van der Waals surface area contributed by atoms with Crippen molar-refractivity contribution < 1.29 is 12.8 Å². The second kappa shape index (κ2) is 5.09. The molecular formula is C13H16ClN3O4S. The first kappa shape index (κ1) is 15.5. The van der Waals surface area contributed by atoms with Crippen LogP contribution in [0.5, 0.6) is 0 Å². The highest BCUT2D eigenvalue weighted by atomic mass is 35.5. The van der Waals surface area contributed by atoms with Crippen LogP contribution >= 0.6 is 12.4 Å². The molecule has 0 bridgehead atoms. The number of halogens is 1. The maximum atomic E-state index is 12.4. The number of aromatic nitrogens is 1. The molecule has 7 nitrogen and oxygen atoms in total. The van der Waals surface area contributed by atoms with Crippen LogP contribution in [0.3, 0.4) is 0 Å². The minimum absolute atomic E-state index is 0. The molecule has 0 amide bonds. The van der Waals surface area contributed by atoms with Crippen LogP contribution in [0.2, 0.25) is 0 Å². The van der Waals surface area contributed by atoms with Crippen molar-refractivity contribution in [3.8, 4) is 0 Å². The molecule has 9 heteroatoms. The molecule has 4 rings (SSSR count). The molecule has 2 heterocycles. The molecule has 1 saturated carbocycles. The van der Waals surface area contributed by atoms with Crippen molar-refractivity contribution in [2.24, 2.45) is 18.9 Å². The Labute approximate surface area is 133 Å². The van der Waals surface area contributed by atoms with Gasteiger partial charge in [0.2, 0.25) is 10.0 Å². The Hall–Kier alpha value is -1.35. The number of nitrogens with one attached hydrogen (secondary N) is 2. The van der Waals surface area contributed by atoms with Gasteiger partial charge in [-0.3, -0.25) is 4.57 Å². The summed E-state index contributed by atoms with van der Waals surface area (Å²) in [5, 5.41) is 3.22. The number of hydrogen-bond acceptors (Lipinski definition) is 5. The van der Waals surface area contributed by atoms with Crippen molar-refractivity contribution in [3.63, 3.8) is 0 Å². The molecule has 2 atom stereocenters. The van der Waals surface area contributed by atoms with Gasteiger partial charge in [-0.2, -0.15) is 0 Å². The molecule has 2 unspecified atom stereocenters. The van der Waals surface area contributed by atoms with E-state index in [4.69, 9.17) is 4.42 Å². The number of rotatable bonds is 3. The molecule has 0 radical (unpaired) electrons. The average molecular weight is 346 g/mol. The molecule has 2 aliphatic rings. The van der Waals surface area contributed by atoms with Gasteiger partial charge in [-0.25, -0.2) is 17.9 Å². The molecule has 2 aromatic rings. The van der Waals surface area contributed by atoms with Crippen LogP contribution in [0.15, 0.2) is 32.3 Å². The Balaban J connectivity index is 0.00000144. The van der Waals surface area contributed by atoms with Gasteiger partial charge in [0.25, 0.3) is 0 Å². The quantitative estimate of drug-likeness (QED) is 0.820. The third-order valence-corrected chi connectivity index (χ3v) is 5.91. The molecule has 1 aliphatic carbocycles. The van der Waals surface area contributed by atoms with Crippen molar-refractivity contribution in [1.29, 1.82) is 0 Å². The fraction of sp³-hybridized carbons (Fsp3) is 0.462. The van der Waals surface area contributed by atoms with E-state index in [0.717, 1.165) is 13.1 Å². The Bertz CT molecular complexity index is 878. The third kappa shape index (κ3) is 2.26. The van der Waals surface area contributed by atoms with Gasteiger partial charge < -0.3 is 9.73 Å². The van der Waals surface area contributed by atoms with Crippen molar-refractivity contribution in [2.45, 2.75) is 10.9 Å². The number of aryl methyl sites for hydroxylation is 1. The van der Waals surface area contributed by atoms with E-state index >= 15 is 0 Å². The van der Waals surface area contributed by atoms with E-state index in [1.807, 2.05) is 0 Å². The van der Waals surface area contributed by atoms with Crippen LogP contribution in [0.4, 0.5) is 0 Å². The van der Waals surface area contributed by atoms with Crippen LogP contribution in [0.1, 0.15) is 0 Å². The van der Waals surface area contributed by atoms with Gasteiger partial charge in [-0.15, -0.1) is 12.4 Å². The van der Waals surface area contributed by atoms with E-state index in [1.54, 1.807) is 13.1 Å². The summed E-state index contributed by atoms with van der Waals surface area (Å²) >= 11 is 0. The monoisotopic (exact) mass is 345 g/mol. The minimum Gasteiger partial charge on any atom is -0.408 e. The van der Waals surface area contributed by atoms with Crippen molar-refractivity contribution in [1.82, 2.24) is 14.6 Å². The summed E-state index contributed by atoms with van der Waals surface area (Å²) in [4.78, 5) is 11.6. The van der Waals surface area contributed by atoms with E-state index in [-0.39, 0.29) is 28.9 Å². The number of hydrogen-bond donors (Lipinski definition) is 2. The van der Waals surface area contributed by atoms with Crippen molar-refractivity contribution in [2.75, 3.05) is 13.1 Å². The molecule has 1 aliphatic heterocycles. The fourth-order valence-corrected chi connectivity index (χ4v) is 4.48. The summed E-state index contributed by atoms with van der Waals surface area (Å²) in [6, 6.07) is 4.50. The summed E-state index contributed by atoms with van der Waals surface area (Å²) in [6.07, 6.45) is 0. The summed E-state index contributed by atoms with van der Waals surface area (Å²) in [5.74, 6) is 0.298. The lowest BCUT2D eigenvalue weighted by atomic mass is 10.3. The first-order chi connectivity index (χ1) is 9.97. The van der Waals surface area contributed by atoms with Crippen LogP contribution < -0.4 is 15.8 Å². The van der Waals surface area contributed by atoms with Crippen molar-refractivity contribution >= 4 is 33.5 Å². The highest BCUT2D eigenvalue weighted by Gasteiger charge is 2.54. The van der Waals surface area contributed by atoms with E-state index in [2.05, 4.69) is 10.0 Å². The lowest BCUT2D eigenvalue weighted by Crippen LogP contribution is -2.32. The van der Waals surface area contributed by atoms with E-state index in [0.29, 0.717) is 17.4 Å². The van der Waals surface area contributed by atoms with Gasteiger partial charge >= 0.3 is 5.76 Å². The van der Waals surface area contributed by atoms with Gasteiger partial charge in [0, 0.05) is 19.2 Å². The van der Waals surface area contributed by atoms with Crippen LogP contribution in [0, 0.1) is 11.8 Å². The predicted molar refractivity (Wildman–Crippen MR) is 82.7 cm³/mol. The Kier molecular flexibility index (Phi) is 3.59. The molecule has 1 aromatic carbocycles. The van der Waals surface area contributed by atoms with Gasteiger partial charge in [-0.1, -0.05) is 0 Å². The van der Waals surface area contributed by atoms with Gasteiger partial charge in [0.1, 0.15) is 0 Å². The summed E-state index contributed by atoms with van der Waals surface area (Å²) < 4.78 is 33.9. The predicted octanol–water partition coefficient (Wildman–Crippen LogP) is 0.0494. The lowest BCUT2D eigenvalue weighted by molar-refractivity contribution is 0.527. The largest absolute Gasteiger partial charge is 0.419 e. The van der Waals surface area contributed by atoms with Gasteiger partial charge in [0.15, 0.2) is 5.58 Å². The fourth-order valence-electron chi connectivity index (χ4n) is 3.12. The molecule has 1 aromatic heterocycles. The Morgan fingerprint density at radius 2 is 2.00 bits per heavy atom. The summed E-state index contributed by atoms with van der Waals surface area (Å²) in [6.45, 7) is 1.73. The molecule has 2 fully saturated rings. The molecular weight excluding hydrogens is 330 g/mol. The second-order valence-corrected chi connectivity index (χ2v) is 7.40. The second-order valence-electron chi connectivity index (χ2n) is 5.69. The van der Waals surface area contributed by atoms with E-state index in [9.17, 15) is 13.2 Å². The normalized spacial score (nSPS) is 26.7. The molecule has 120 valence electrons. The van der Waals surface area contributed by atoms with Crippen LogP contribution in [0.25, 0.3) is 11.1 Å². The van der Waals surface area contributed by atoms with Crippen LogP contribution in [-0.4, -0.2) is 32.1 Å². The average Bonchev–Trinajstić information content (AvgIpc) is 2.81. The number of benzene rings is 1. The third-order valence-electron chi connectivity index (χ3n) is 4.46. The number of fused-ring (bicyclic) bond motifs is 2. The number of oxazole rings is 1. The molecule has 22 heavy (non-hydrogen) atoms. The Morgan fingerprint density at radius 1 is 1.32 bits per heavy atom. The standard InChI is InChI=1S/C13H15N3O4S.ClH/c1-16-10-3-2-7(4-11(10)20-13(16)17)21(18,19)15-12-8-5-14-6-9(8)12;/h2-4,8-9,12,14-15H,5-6H2,1H3;1H. The highest BCUT2D eigenvalue weighted by molar-refractivity contribution is 7.89. The zero-order valence-electron chi connectivity index (χ0n) is 11.8. The smallest absolute Gasteiger partial charge is 0.408 e.